The molecule has 0 bridgehead atoms. The summed E-state index contributed by atoms with van der Waals surface area (Å²) in [6.07, 6.45) is -2.53. The molecule has 0 saturated carbocycles. The fourth-order valence-electron chi connectivity index (χ4n) is 5.14. The van der Waals surface area contributed by atoms with Crippen molar-refractivity contribution in [2.45, 2.75) is 39.2 Å². The van der Waals surface area contributed by atoms with Gasteiger partial charge in [-0.3, -0.25) is 9.20 Å². The van der Waals surface area contributed by atoms with E-state index in [1.165, 1.54) is 18.2 Å². The van der Waals surface area contributed by atoms with E-state index in [-0.39, 0.29) is 24.2 Å². The lowest BCUT2D eigenvalue weighted by atomic mass is 10.1. The highest BCUT2D eigenvalue weighted by molar-refractivity contribution is 6.30. The van der Waals surface area contributed by atoms with Gasteiger partial charge in [0.2, 0.25) is 0 Å². The van der Waals surface area contributed by atoms with E-state index in [0.717, 1.165) is 5.69 Å². The first kappa shape index (κ1) is 28.5. The zero-order chi connectivity index (χ0) is 29.3. The number of nitrogens with zero attached hydrogens (tertiary/aromatic N) is 4. The van der Waals surface area contributed by atoms with Crippen molar-refractivity contribution in [1.29, 1.82) is 0 Å². The minimum absolute atomic E-state index is 0.0248. The third kappa shape index (κ3) is 6.35. The number of amides is 1. The summed E-state index contributed by atoms with van der Waals surface area (Å²) in [6.45, 7) is 5.62. The van der Waals surface area contributed by atoms with Gasteiger partial charge in [0.15, 0.2) is 0 Å². The van der Waals surface area contributed by atoms with Crippen LogP contribution in [0.2, 0.25) is 5.02 Å². The number of fused-ring (bicyclic) bond motifs is 1. The van der Waals surface area contributed by atoms with E-state index in [2.05, 4.69) is 19.9 Å². The Kier molecular flexibility index (Phi) is 7.99. The second-order valence-corrected chi connectivity index (χ2v) is 10.3. The fourth-order valence-corrected chi connectivity index (χ4v) is 5.30. The van der Waals surface area contributed by atoms with Crippen LogP contribution in [0.15, 0.2) is 60.8 Å². The first-order chi connectivity index (χ1) is 19.5. The molecule has 1 saturated heterocycles. The number of halogens is 5. The average Bonchev–Trinajstić information content (AvgIpc) is 3.29. The van der Waals surface area contributed by atoms with Crippen LogP contribution in [0.5, 0.6) is 5.75 Å². The smallest absolute Gasteiger partial charge is 0.406 e. The fraction of sp³-hybridized carbons (Fsp3) is 0.310. The lowest BCUT2D eigenvalue weighted by Gasteiger charge is -2.42. The van der Waals surface area contributed by atoms with Crippen molar-refractivity contribution in [3.63, 3.8) is 0 Å². The van der Waals surface area contributed by atoms with Crippen LogP contribution >= 0.6 is 11.6 Å². The zero-order valence-electron chi connectivity index (χ0n) is 22.4. The third-order valence-corrected chi connectivity index (χ3v) is 7.26. The van der Waals surface area contributed by atoms with Crippen molar-refractivity contribution in [3.05, 3.63) is 88.6 Å². The molecule has 0 spiro atoms. The monoisotopic (exact) mass is 589 g/mol. The Hall–Kier alpha value is -3.99. The summed E-state index contributed by atoms with van der Waals surface area (Å²) in [5.41, 5.74) is 3.48. The predicted octanol–water partition coefficient (Wildman–Crippen LogP) is 6.23. The Balaban J connectivity index is 1.22. The quantitative estimate of drug-likeness (QED) is 0.259. The summed E-state index contributed by atoms with van der Waals surface area (Å²) in [5.74, 6) is -1.01. The number of rotatable bonds is 7. The maximum Gasteiger partial charge on any atom is 0.573 e. The van der Waals surface area contributed by atoms with Crippen molar-refractivity contribution >= 4 is 34.5 Å². The average molecular weight is 590 g/mol. The molecule has 0 aliphatic carbocycles. The minimum Gasteiger partial charge on any atom is -0.406 e. The van der Waals surface area contributed by atoms with Crippen molar-refractivity contribution in [1.82, 2.24) is 14.7 Å². The van der Waals surface area contributed by atoms with Gasteiger partial charge in [0.1, 0.15) is 22.9 Å². The molecule has 1 fully saturated rings. The minimum atomic E-state index is -4.74. The van der Waals surface area contributed by atoms with Gasteiger partial charge in [-0.05, 0) is 67.4 Å². The number of carbonyl (C=O) groups excluding carboxylic acids is 1. The Morgan fingerprint density at radius 3 is 2.54 bits per heavy atom. The van der Waals surface area contributed by atoms with Gasteiger partial charge in [-0.15, -0.1) is 13.2 Å². The highest BCUT2D eigenvalue weighted by atomic mass is 35.5. The third-order valence-electron chi connectivity index (χ3n) is 7.04. The molecule has 0 unspecified atom stereocenters. The summed E-state index contributed by atoms with van der Waals surface area (Å²) >= 11 is 6.12. The van der Waals surface area contributed by atoms with Crippen LogP contribution in [0.3, 0.4) is 0 Å². The van der Waals surface area contributed by atoms with Gasteiger partial charge in [0.05, 0.1) is 16.4 Å². The predicted molar refractivity (Wildman–Crippen MR) is 149 cm³/mol. The van der Waals surface area contributed by atoms with Crippen molar-refractivity contribution in [3.8, 4) is 5.75 Å². The summed E-state index contributed by atoms with van der Waals surface area (Å²) in [6, 6.07) is 14.1. The second kappa shape index (κ2) is 11.5. The first-order valence-electron chi connectivity index (χ1n) is 13.1. The van der Waals surface area contributed by atoms with Gasteiger partial charge in [0.25, 0.3) is 5.91 Å². The van der Waals surface area contributed by atoms with Crippen LogP contribution < -0.4 is 19.9 Å². The van der Waals surface area contributed by atoms with E-state index in [0.29, 0.717) is 59.4 Å². The lowest BCUT2D eigenvalue weighted by molar-refractivity contribution is -0.274. The van der Waals surface area contributed by atoms with E-state index in [1.54, 1.807) is 47.0 Å². The van der Waals surface area contributed by atoms with Crippen LogP contribution in [0.1, 0.15) is 35.6 Å². The number of imidazole rings is 1. The van der Waals surface area contributed by atoms with Gasteiger partial charge in [0, 0.05) is 44.1 Å². The normalized spacial score (nSPS) is 15.8. The number of carbonyl (C=O) groups is 1. The number of benzene rings is 2. The number of piperazine rings is 1. The molecule has 1 N–H and O–H groups in total. The number of hydrogen-bond donors (Lipinski definition) is 1. The largest absolute Gasteiger partial charge is 0.573 e. The summed E-state index contributed by atoms with van der Waals surface area (Å²) in [7, 11) is 0. The number of pyridine rings is 1. The topological polar surface area (TPSA) is 62.1 Å². The number of hydrogen-bond acceptors (Lipinski definition) is 5. The molecule has 2 aromatic heterocycles. The van der Waals surface area contributed by atoms with Gasteiger partial charge in [-0.2, -0.15) is 0 Å². The van der Waals surface area contributed by atoms with Crippen molar-refractivity contribution in [2.24, 2.45) is 0 Å². The maximum atomic E-state index is 15.2. The first-order valence-corrected chi connectivity index (χ1v) is 13.5. The molecule has 1 atom stereocenters. The Bertz CT molecular complexity index is 1560. The molecule has 4 aromatic rings. The molecule has 12 heteroatoms. The Morgan fingerprint density at radius 2 is 1.88 bits per heavy atom. The van der Waals surface area contributed by atoms with Crippen LogP contribution in [0, 0.1) is 5.82 Å². The molecule has 5 rings (SSSR count). The standard InChI is InChI=1S/C29H28ClF4N5O2/c1-3-24-27(39-17-20(30)5-11-26(39)36-24)28(40)35-15-19-4-10-25(23(31)14-19)37-12-13-38(18(2)16-37)21-6-8-22(9-7-21)41-29(32,33)34/h4-11,14,17-18H,3,12-13,15-16H2,1-2H3,(H,35,40)/t18-/m0/s1. The molecule has 3 heterocycles. The summed E-state index contributed by atoms with van der Waals surface area (Å²) < 4.78 is 58.2. The Labute approximate surface area is 239 Å². The van der Waals surface area contributed by atoms with Crippen LogP contribution in [0.4, 0.5) is 28.9 Å². The number of aromatic nitrogens is 2. The summed E-state index contributed by atoms with van der Waals surface area (Å²) in [4.78, 5) is 21.6. The van der Waals surface area contributed by atoms with E-state index in [1.807, 2.05) is 18.7 Å². The van der Waals surface area contributed by atoms with E-state index >= 15 is 4.39 Å². The van der Waals surface area contributed by atoms with Crippen molar-refractivity contribution in [2.75, 3.05) is 29.4 Å². The van der Waals surface area contributed by atoms with E-state index < -0.39 is 12.2 Å². The highest BCUT2D eigenvalue weighted by Gasteiger charge is 2.31. The maximum absolute atomic E-state index is 15.2. The number of nitrogens with one attached hydrogen (secondary N) is 1. The lowest BCUT2D eigenvalue weighted by Crippen LogP contribution is -2.52. The van der Waals surface area contributed by atoms with E-state index in [4.69, 9.17) is 11.6 Å². The van der Waals surface area contributed by atoms with Crippen LogP contribution in [-0.4, -0.2) is 47.3 Å². The molecular formula is C29H28ClF4N5O2. The molecule has 7 nitrogen and oxygen atoms in total. The molecule has 0 radical (unpaired) electrons. The number of anilines is 2. The van der Waals surface area contributed by atoms with Gasteiger partial charge < -0.3 is 19.9 Å². The van der Waals surface area contributed by atoms with Crippen LogP contribution in [-0.2, 0) is 13.0 Å². The van der Waals surface area contributed by atoms with Gasteiger partial charge >= 0.3 is 6.36 Å². The number of ether oxygens (including phenoxy) is 1. The molecule has 1 amide bonds. The molecule has 1 aliphatic heterocycles. The van der Waals surface area contributed by atoms with Gasteiger partial charge in [-0.1, -0.05) is 24.6 Å². The molecule has 41 heavy (non-hydrogen) atoms. The van der Waals surface area contributed by atoms with Crippen LogP contribution in [0.25, 0.3) is 5.65 Å². The SMILES string of the molecule is CCc1nc2ccc(Cl)cn2c1C(=O)NCc1ccc(N2CCN(c3ccc(OC(F)(F)F)cc3)[C@@H](C)C2)c(F)c1. The second-order valence-electron chi connectivity index (χ2n) is 9.83. The molecular weight excluding hydrogens is 562 g/mol. The van der Waals surface area contributed by atoms with Crippen molar-refractivity contribution < 1.29 is 27.1 Å². The Morgan fingerprint density at radius 1 is 1.12 bits per heavy atom. The molecule has 2 aromatic carbocycles. The number of aryl methyl sites for hydroxylation is 1. The van der Waals surface area contributed by atoms with Gasteiger partial charge in [-0.25, -0.2) is 9.37 Å². The number of alkyl halides is 3. The van der Waals surface area contributed by atoms with E-state index in [9.17, 15) is 18.0 Å². The molecule has 216 valence electrons. The zero-order valence-corrected chi connectivity index (χ0v) is 23.1. The summed E-state index contributed by atoms with van der Waals surface area (Å²) in [5, 5.41) is 3.34. The highest BCUT2D eigenvalue weighted by Crippen LogP contribution is 2.29. The molecule has 1 aliphatic rings.